The van der Waals surface area contributed by atoms with Crippen LogP contribution in [0.2, 0.25) is 0 Å². The molecule has 0 aliphatic carbocycles. The van der Waals surface area contributed by atoms with Crippen molar-refractivity contribution in [3.63, 3.8) is 0 Å². The van der Waals surface area contributed by atoms with Crippen molar-refractivity contribution in [1.29, 1.82) is 5.41 Å². The van der Waals surface area contributed by atoms with E-state index >= 15 is 0 Å². The Balaban J connectivity index is 0.00000196. The Morgan fingerprint density at radius 3 is 2.40 bits per heavy atom. The second-order valence-electron chi connectivity index (χ2n) is 2.68. The molecule has 0 aliphatic heterocycles. The highest BCUT2D eigenvalue weighted by Crippen LogP contribution is 1.97. The fourth-order valence-electron chi connectivity index (χ4n) is 0.904. The normalized spacial score (nSPS) is 10.3. The van der Waals surface area contributed by atoms with Crippen LogP contribution >= 0.6 is 0 Å². The number of hydrogen-bond acceptors (Lipinski definition) is 1. The molecule has 1 rings (SSSR count). The summed E-state index contributed by atoms with van der Waals surface area (Å²) in [5.74, 6) is 0.635. The molecule has 0 atom stereocenters. The Hall–Kier alpha value is -1.17. The zero-order valence-electron chi connectivity index (χ0n) is 8.03. The lowest BCUT2D eigenvalue weighted by Gasteiger charge is -1.92. The molecule has 0 radical (unpaired) electrons. The van der Waals surface area contributed by atoms with Crippen LogP contribution in [-0.2, 0) is 17.1 Å². The summed E-state index contributed by atoms with van der Waals surface area (Å²) in [5.41, 5.74) is 11.9. The maximum atomic E-state index is 6.96. The van der Waals surface area contributed by atoms with Gasteiger partial charge in [-0.25, -0.2) is 5.73 Å². The molecule has 0 heterocycles. The van der Waals surface area contributed by atoms with Crippen LogP contribution < -0.4 is 29.2 Å². The smallest absolute Gasteiger partial charge is 0.345 e. The van der Waals surface area contributed by atoms with Crippen LogP contribution in [0.4, 0.5) is 0 Å². The first-order chi connectivity index (χ1) is 6.68. The van der Waals surface area contributed by atoms with Gasteiger partial charge in [0.05, 0.1) is 0 Å². The Morgan fingerprint density at radius 2 is 1.87 bits per heavy atom. The largest absolute Gasteiger partial charge is 1.00 e. The number of halogens is 1. The molecule has 0 amide bonds. The predicted octanol–water partition coefficient (Wildman–Crippen LogP) is -3.20. The lowest BCUT2D eigenvalue weighted by atomic mass is 10.2. The fourth-order valence-corrected chi connectivity index (χ4v) is 1.60. The Bertz CT molecular complexity index is 339. The van der Waals surface area contributed by atoms with Crippen molar-refractivity contribution in [2.45, 2.75) is 5.75 Å². The van der Waals surface area contributed by atoms with Crippen LogP contribution in [0, 0.1) is 5.41 Å². The van der Waals surface area contributed by atoms with Crippen molar-refractivity contribution < 1.29 is 12.4 Å². The predicted molar refractivity (Wildman–Crippen MR) is 61.8 cm³/mol. The summed E-state index contributed by atoms with van der Waals surface area (Å²) < 4.78 is 0. The van der Waals surface area contributed by atoms with E-state index < -0.39 is 0 Å². The van der Waals surface area contributed by atoms with E-state index in [1.807, 2.05) is 30.3 Å². The van der Waals surface area contributed by atoms with Gasteiger partial charge in [0.15, 0.2) is 5.96 Å². The highest BCUT2D eigenvalue weighted by molar-refractivity contribution is 7.77. The van der Waals surface area contributed by atoms with Gasteiger partial charge in [-0.05, 0) is 0 Å². The third-order valence-electron chi connectivity index (χ3n) is 1.50. The average molecular weight is 245 g/mol. The number of benzene rings is 1. The SMILES string of the molecule is N=C(N)N/C(N)=[S+]/Cc1ccccc1.[Cl-]. The van der Waals surface area contributed by atoms with E-state index in [1.54, 1.807) is 0 Å². The summed E-state index contributed by atoms with van der Waals surface area (Å²) in [6.45, 7) is 0. The maximum Gasteiger partial charge on any atom is 0.345 e. The number of nitrogens with one attached hydrogen (secondary N) is 2. The van der Waals surface area contributed by atoms with Gasteiger partial charge in [0.1, 0.15) is 0 Å². The highest BCUT2D eigenvalue weighted by Gasteiger charge is 2.05. The van der Waals surface area contributed by atoms with E-state index in [0.29, 0.717) is 5.11 Å². The Morgan fingerprint density at radius 1 is 1.27 bits per heavy atom. The third kappa shape index (κ3) is 6.01. The second-order valence-corrected chi connectivity index (χ2v) is 3.69. The monoisotopic (exact) mass is 244 g/mol. The minimum atomic E-state index is -0.136. The summed E-state index contributed by atoms with van der Waals surface area (Å²) in [7, 11) is 0. The van der Waals surface area contributed by atoms with Crippen molar-refractivity contribution in [3.05, 3.63) is 35.9 Å². The van der Waals surface area contributed by atoms with Crippen molar-refractivity contribution >= 4 is 22.4 Å². The summed E-state index contributed by atoms with van der Waals surface area (Å²) in [6, 6.07) is 9.96. The van der Waals surface area contributed by atoms with Gasteiger partial charge in [-0.15, -0.1) is 0 Å². The van der Waals surface area contributed by atoms with Crippen LogP contribution in [0.15, 0.2) is 30.3 Å². The van der Waals surface area contributed by atoms with E-state index in [2.05, 4.69) is 5.32 Å². The van der Waals surface area contributed by atoms with Crippen LogP contribution in [0.1, 0.15) is 5.56 Å². The number of nitrogens with two attached hydrogens (primary N) is 2. The standard InChI is InChI=1S/C9H13N4S.ClH/c10-8(11)13-9(12)14-6-7-4-2-1-3-5-7;/h1-5H,6,12H2,(H4,10,11,13);1H/q+1;/p-1. The van der Waals surface area contributed by atoms with Gasteiger partial charge in [-0.3, -0.25) is 10.7 Å². The Labute approximate surface area is 98.9 Å². The van der Waals surface area contributed by atoms with E-state index in [1.165, 1.54) is 16.9 Å². The van der Waals surface area contributed by atoms with E-state index in [-0.39, 0.29) is 18.4 Å². The molecule has 0 aromatic heterocycles. The van der Waals surface area contributed by atoms with Crippen LogP contribution in [-0.4, -0.2) is 11.1 Å². The second kappa shape index (κ2) is 7.17. The zero-order valence-corrected chi connectivity index (χ0v) is 9.61. The molecule has 6 heteroatoms. The molecule has 0 fully saturated rings. The summed E-state index contributed by atoms with van der Waals surface area (Å²) in [5, 5.41) is 9.94. The number of guanidine groups is 1. The number of rotatable bonds is 2. The van der Waals surface area contributed by atoms with Crippen molar-refractivity contribution in [1.82, 2.24) is 5.32 Å². The first-order valence-corrected chi connectivity index (χ1v) is 5.07. The topological polar surface area (TPSA) is 87.9 Å². The van der Waals surface area contributed by atoms with Gasteiger partial charge in [0, 0.05) is 5.56 Å². The molecule has 0 saturated heterocycles. The van der Waals surface area contributed by atoms with Gasteiger partial charge in [-0.2, -0.15) is 0 Å². The molecular formula is C9H13ClN4S. The van der Waals surface area contributed by atoms with E-state index in [0.717, 1.165) is 5.75 Å². The molecule has 1 aromatic carbocycles. The van der Waals surface area contributed by atoms with Crippen molar-refractivity contribution in [3.8, 4) is 0 Å². The van der Waals surface area contributed by atoms with Gasteiger partial charge in [0.2, 0.25) is 17.1 Å². The molecule has 15 heavy (non-hydrogen) atoms. The molecule has 0 bridgehead atoms. The third-order valence-corrected chi connectivity index (χ3v) is 2.39. The minimum Gasteiger partial charge on any atom is -1.00 e. The van der Waals surface area contributed by atoms with E-state index in [9.17, 15) is 0 Å². The molecular weight excluding hydrogens is 232 g/mol. The van der Waals surface area contributed by atoms with Crippen molar-refractivity contribution in [2.24, 2.45) is 11.5 Å². The lowest BCUT2D eigenvalue weighted by Crippen LogP contribution is -3.00. The van der Waals surface area contributed by atoms with E-state index in [4.69, 9.17) is 16.9 Å². The molecule has 4 nitrogen and oxygen atoms in total. The molecule has 0 saturated carbocycles. The molecule has 0 aliphatic rings. The maximum absolute atomic E-state index is 6.96. The Kier molecular flexibility index (Phi) is 6.61. The summed E-state index contributed by atoms with van der Waals surface area (Å²) >= 11 is 1.42. The van der Waals surface area contributed by atoms with Gasteiger partial charge >= 0.3 is 5.11 Å². The molecule has 0 unspecified atom stereocenters. The number of hydrogen-bond donors (Lipinski definition) is 4. The highest BCUT2D eigenvalue weighted by atomic mass is 35.5. The fraction of sp³-hybridized carbons (Fsp3) is 0.111. The molecule has 6 N–H and O–H groups in total. The summed E-state index contributed by atoms with van der Waals surface area (Å²) in [6.07, 6.45) is 0. The molecule has 1 aromatic rings. The van der Waals surface area contributed by atoms with Crippen molar-refractivity contribution in [2.75, 3.05) is 0 Å². The average Bonchev–Trinajstić information content (AvgIpc) is 2.15. The van der Waals surface area contributed by atoms with Crippen LogP contribution in [0.3, 0.4) is 0 Å². The first-order valence-electron chi connectivity index (χ1n) is 4.08. The lowest BCUT2D eigenvalue weighted by molar-refractivity contribution is -0.00000349. The quantitative estimate of drug-likeness (QED) is 0.191. The van der Waals surface area contributed by atoms with Crippen LogP contribution in [0.5, 0.6) is 0 Å². The summed E-state index contributed by atoms with van der Waals surface area (Å²) in [4.78, 5) is 0. The zero-order chi connectivity index (χ0) is 10.4. The van der Waals surface area contributed by atoms with Crippen LogP contribution in [0.25, 0.3) is 0 Å². The minimum absolute atomic E-state index is 0. The molecule has 82 valence electrons. The van der Waals surface area contributed by atoms with Gasteiger partial charge in [0.25, 0.3) is 0 Å². The first kappa shape index (κ1) is 13.8. The van der Waals surface area contributed by atoms with Gasteiger partial charge < -0.3 is 18.1 Å². The van der Waals surface area contributed by atoms with Gasteiger partial charge in [-0.1, -0.05) is 30.3 Å². The molecule has 0 spiro atoms.